The monoisotopic (exact) mass is 485 g/mol. The highest BCUT2D eigenvalue weighted by molar-refractivity contribution is 14.0. The number of anilines is 1. The van der Waals surface area contributed by atoms with Crippen LogP contribution in [-0.4, -0.2) is 63.2 Å². The van der Waals surface area contributed by atoms with Crippen molar-refractivity contribution in [3.05, 3.63) is 29.8 Å². The molecule has 2 atom stereocenters. The molecule has 2 unspecified atom stereocenters. The minimum absolute atomic E-state index is 0. The van der Waals surface area contributed by atoms with E-state index in [1.54, 1.807) is 0 Å². The first-order valence-corrected chi connectivity index (χ1v) is 10.2. The molecule has 0 aromatic heterocycles. The summed E-state index contributed by atoms with van der Waals surface area (Å²) < 4.78 is 0. The molecule has 2 aliphatic heterocycles. The number of aryl methyl sites for hydroxylation is 1. The van der Waals surface area contributed by atoms with Crippen LogP contribution in [0, 0.1) is 12.8 Å². The molecule has 0 amide bonds. The quantitative estimate of drug-likeness (QED) is 0.382. The highest BCUT2D eigenvalue weighted by Gasteiger charge is 2.24. The summed E-state index contributed by atoms with van der Waals surface area (Å²) in [6.45, 7) is 11.2. The van der Waals surface area contributed by atoms with Gasteiger partial charge in [0, 0.05) is 45.0 Å². The summed E-state index contributed by atoms with van der Waals surface area (Å²) in [5.74, 6) is 1.68. The molecule has 6 heteroatoms. The number of likely N-dealkylation sites (tertiary alicyclic amines) is 1. The zero-order valence-electron chi connectivity index (χ0n) is 17.1. The average molecular weight is 485 g/mol. The summed E-state index contributed by atoms with van der Waals surface area (Å²) in [6, 6.07) is 9.31. The van der Waals surface area contributed by atoms with Crippen molar-refractivity contribution < 1.29 is 0 Å². The van der Waals surface area contributed by atoms with Crippen molar-refractivity contribution in [1.29, 1.82) is 0 Å². The van der Waals surface area contributed by atoms with Gasteiger partial charge in [-0.1, -0.05) is 24.6 Å². The van der Waals surface area contributed by atoms with Crippen LogP contribution in [0.4, 0.5) is 5.69 Å². The Labute approximate surface area is 182 Å². The van der Waals surface area contributed by atoms with Gasteiger partial charge < -0.3 is 20.4 Å². The molecule has 2 fully saturated rings. The van der Waals surface area contributed by atoms with Gasteiger partial charge in [-0.2, -0.15) is 0 Å². The number of halogens is 1. The minimum atomic E-state index is 0. The predicted octanol–water partition coefficient (Wildman–Crippen LogP) is 3.09. The average Bonchev–Trinajstić information content (AvgIpc) is 3.14. The van der Waals surface area contributed by atoms with Crippen LogP contribution in [0.15, 0.2) is 29.3 Å². The van der Waals surface area contributed by atoms with E-state index in [9.17, 15) is 0 Å². The van der Waals surface area contributed by atoms with Gasteiger partial charge in [0.1, 0.15) is 0 Å². The van der Waals surface area contributed by atoms with Gasteiger partial charge in [0.25, 0.3) is 0 Å². The van der Waals surface area contributed by atoms with E-state index in [1.165, 1.54) is 43.7 Å². The second-order valence-corrected chi connectivity index (χ2v) is 7.77. The topological polar surface area (TPSA) is 42.9 Å². The summed E-state index contributed by atoms with van der Waals surface area (Å²) in [5, 5.41) is 7.19. The Balaban J connectivity index is 0.00000261. The van der Waals surface area contributed by atoms with E-state index in [1.807, 2.05) is 7.05 Å². The van der Waals surface area contributed by atoms with Crippen molar-refractivity contribution in [2.45, 2.75) is 39.2 Å². The highest BCUT2D eigenvalue weighted by atomic mass is 127. The van der Waals surface area contributed by atoms with E-state index in [2.05, 4.69) is 63.5 Å². The molecule has 27 heavy (non-hydrogen) atoms. The van der Waals surface area contributed by atoms with Gasteiger partial charge in [-0.3, -0.25) is 4.99 Å². The van der Waals surface area contributed by atoms with Gasteiger partial charge in [0.05, 0.1) is 0 Å². The maximum atomic E-state index is 4.45. The Bertz CT molecular complexity index is 589. The molecule has 2 saturated heterocycles. The molecule has 152 valence electrons. The number of hydrogen-bond acceptors (Lipinski definition) is 3. The molecule has 0 aliphatic carbocycles. The fourth-order valence-electron chi connectivity index (χ4n) is 4.10. The first-order chi connectivity index (χ1) is 12.7. The Morgan fingerprint density at radius 2 is 1.93 bits per heavy atom. The molecular formula is C21H36IN5. The molecule has 2 heterocycles. The molecule has 0 bridgehead atoms. The molecule has 0 spiro atoms. The Morgan fingerprint density at radius 1 is 1.15 bits per heavy atom. The Kier molecular flexibility index (Phi) is 9.15. The van der Waals surface area contributed by atoms with E-state index in [-0.39, 0.29) is 24.0 Å². The molecule has 3 rings (SSSR count). The third kappa shape index (κ3) is 6.52. The SMILES string of the molecule is CCN1CCCC(CNC(=NC)NC2CCN(c3ccc(C)cc3)C2)C1.I. The van der Waals surface area contributed by atoms with E-state index in [4.69, 9.17) is 0 Å². The van der Waals surface area contributed by atoms with Gasteiger partial charge in [0.15, 0.2) is 5.96 Å². The van der Waals surface area contributed by atoms with E-state index in [0.29, 0.717) is 6.04 Å². The third-order valence-corrected chi connectivity index (χ3v) is 5.76. The standard InChI is InChI=1S/C21H35N5.HI/c1-4-25-12-5-6-18(15-25)14-23-21(22-3)24-19-11-13-26(16-19)20-9-7-17(2)8-10-20;/h7-10,18-19H,4-6,11-16H2,1-3H3,(H2,22,23,24);1H. The van der Waals surface area contributed by atoms with Crippen LogP contribution in [0.25, 0.3) is 0 Å². The number of nitrogens with zero attached hydrogens (tertiary/aromatic N) is 3. The zero-order valence-corrected chi connectivity index (χ0v) is 19.4. The molecule has 0 radical (unpaired) electrons. The van der Waals surface area contributed by atoms with Crippen LogP contribution in [-0.2, 0) is 0 Å². The van der Waals surface area contributed by atoms with E-state index < -0.39 is 0 Å². The minimum Gasteiger partial charge on any atom is -0.369 e. The summed E-state index contributed by atoms with van der Waals surface area (Å²) >= 11 is 0. The number of hydrogen-bond donors (Lipinski definition) is 2. The van der Waals surface area contributed by atoms with Crippen molar-refractivity contribution in [3.8, 4) is 0 Å². The molecule has 1 aromatic rings. The lowest BCUT2D eigenvalue weighted by Gasteiger charge is -2.32. The second-order valence-electron chi connectivity index (χ2n) is 7.77. The molecule has 5 nitrogen and oxygen atoms in total. The lowest BCUT2D eigenvalue weighted by Crippen LogP contribution is -2.47. The lowest BCUT2D eigenvalue weighted by atomic mass is 9.98. The van der Waals surface area contributed by atoms with E-state index >= 15 is 0 Å². The fourth-order valence-corrected chi connectivity index (χ4v) is 4.10. The number of nitrogens with one attached hydrogen (secondary N) is 2. The van der Waals surface area contributed by atoms with Gasteiger partial charge >= 0.3 is 0 Å². The molecule has 1 aromatic carbocycles. The van der Waals surface area contributed by atoms with Crippen molar-refractivity contribution in [2.75, 3.05) is 51.2 Å². The highest BCUT2D eigenvalue weighted by Crippen LogP contribution is 2.21. The van der Waals surface area contributed by atoms with Crippen LogP contribution in [0.5, 0.6) is 0 Å². The van der Waals surface area contributed by atoms with Gasteiger partial charge in [0.2, 0.25) is 0 Å². The Hall–Kier alpha value is -1.02. The fraction of sp³-hybridized carbons (Fsp3) is 0.667. The van der Waals surface area contributed by atoms with Crippen LogP contribution >= 0.6 is 24.0 Å². The molecule has 2 aliphatic rings. The van der Waals surface area contributed by atoms with E-state index in [0.717, 1.165) is 37.9 Å². The summed E-state index contributed by atoms with van der Waals surface area (Å²) in [5.41, 5.74) is 2.64. The van der Waals surface area contributed by atoms with Crippen molar-refractivity contribution >= 4 is 35.6 Å². The Morgan fingerprint density at radius 3 is 2.63 bits per heavy atom. The summed E-state index contributed by atoms with van der Waals surface area (Å²) in [4.78, 5) is 9.47. The van der Waals surface area contributed by atoms with Crippen molar-refractivity contribution in [3.63, 3.8) is 0 Å². The van der Waals surface area contributed by atoms with Crippen molar-refractivity contribution in [2.24, 2.45) is 10.9 Å². The smallest absolute Gasteiger partial charge is 0.191 e. The molecule has 2 N–H and O–H groups in total. The zero-order chi connectivity index (χ0) is 18.4. The van der Waals surface area contributed by atoms with Crippen LogP contribution in [0.1, 0.15) is 31.7 Å². The predicted molar refractivity (Wildman–Crippen MR) is 127 cm³/mol. The van der Waals surface area contributed by atoms with Crippen molar-refractivity contribution in [1.82, 2.24) is 15.5 Å². The van der Waals surface area contributed by atoms with Gasteiger partial charge in [-0.25, -0.2) is 0 Å². The summed E-state index contributed by atoms with van der Waals surface area (Å²) in [7, 11) is 1.88. The maximum absolute atomic E-state index is 4.45. The second kappa shape index (κ2) is 11.1. The van der Waals surface area contributed by atoms with Gasteiger partial charge in [-0.15, -0.1) is 24.0 Å². The third-order valence-electron chi connectivity index (χ3n) is 5.76. The van der Waals surface area contributed by atoms with Crippen LogP contribution in [0.2, 0.25) is 0 Å². The number of rotatable bonds is 5. The largest absolute Gasteiger partial charge is 0.369 e. The normalized spacial score (nSPS) is 23.8. The van der Waals surface area contributed by atoms with Crippen LogP contribution in [0.3, 0.4) is 0 Å². The molecule has 0 saturated carbocycles. The van der Waals surface area contributed by atoms with Gasteiger partial charge in [-0.05, 0) is 57.3 Å². The number of guanidine groups is 1. The molecular weight excluding hydrogens is 449 g/mol. The lowest BCUT2D eigenvalue weighted by molar-refractivity contribution is 0.183. The maximum Gasteiger partial charge on any atom is 0.191 e. The van der Waals surface area contributed by atoms with Crippen LogP contribution < -0.4 is 15.5 Å². The number of aliphatic imine (C=N–C) groups is 1. The number of piperidine rings is 1. The number of benzene rings is 1. The summed E-state index contributed by atoms with van der Waals surface area (Å²) in [6.07, 6.45) is 3.80. The first-order valence-electron chi connectivity index (χ1n) is 10.2. The first kappa shape index (κ1) is 22.3.